The fraction of sp³-hybridized carbons (Fsp3) is 0.412. The van der Waals surface area contributed by atoms with E-state index in [1.807, 2.05) is 36.4 Å². The minimum atomic E-state index is -0.270. The Morgan fingerprint density at radius 2 is 2.13 bits per heavy atom. The molecule has 6 heteroatoms. The van der Waals surface area contributed by atoms with Crippen molar-refractivity contribution in [1.29, 1.82) is 0 Å². The first-order chi connectivity index (χ1) is 11.2. The first kappa shape index (κ1) is 15.7. The Kier molecular flexibility index (Phi) is 4.73. The number of rotatable bonds is 5. The van der Waals surface area contributed by atoms with Gasteiger partial charge in [-0.05, 0) is 6.07 Å². The Balaban J connectivity index is 1.73. The first-order valence-electron chi connectivity index (χ1n) is 7.65. The summed E-state index contributed by atoms with van der Waals surface area (Å²) < 4.78 is 10.3. The Morgan fingerprint density at radius 3 is 2.83 bits per heavy atom. The molecule has 1 aromatic heterocycles. The number of nitrogens with one attached hydrogen (secondary N) is 1. The third-order valence-electron chi connectivity index (χ3n) is 4.25. The highest BCUT2D eigenvalue weighted by molar-refractivity contribution is 5.76. The average molecular weight is 315 g/mol. The lowest BCUT2D eigenvalue weighted by Crippen LogP contribution is -2.36. The fourth-order valence-electron chi connectivity index (χ4n) is 3.01. The third kappa shape index (κ3) is 3.43. The van der Waals surface area contributed by atoms with Crippen molar-refractivity contribution in [3.8, 4) is 11.3 Å². The molecule has 0 aliphatic carbocycles. The zero-order chi connectivity index (χ0) is 16.2. The third-order valence-corrected chi connectivity index (χ3v) is 4.25. The number of aromatic amines is 1. The van der Waals surface area contributed by atoms with E-state index in [1.54, 1.807) is 7.11 Å². The van der Waals surface area contributed by atoms with Crippen LogP contribution in [0.5, 0.6) is 0 Å². The van der Waals surface area contributed by atoms with Crippen LogP contribution in [0.3, 0.4) is 0 Å². The molecule has 1 aromatic carbocycles. The SMILES string of the molecule is COC(=O)C1CC(OC)CN1Cc1cc(-c2ccccc2)n[nH]1. The van der Waals surface area contributed by atoms with Crippen LogP contribution < -0.4 is 0 Å². The fourth-order valence-corrected chi connectivity index (χ4v) is 3.01. The summed E-state index contributed by atoms with van der Waals surface area (Å²) in [6.45, 7) is 1.31. The van der Waals surface area contributed by atoms with Crippen molar-refractivity contribution in [2.24, 2.45) is 0 Å². The van der Waals surface area contributed by atoms with Crippen molar-refractivity contribution in [2.75, 3.05) is 20.8 Å². The minimum Gasteiger partial charge on any atom is -0.468 e. The topological polar surface area (TPSA) is 67.5 Å². The second kappa shape index (κ2) is 6.93. The van der Waals surface area contributed by atoms with Gasteiger partial charge in [-0.1, -0.05) is 30.3 Å². The molecule has 2 unspecified atom stereocenters. The highest BCUT2D eigenvalue weighted by Crippen LogP contribution is 2.24. The van der Waals surface area contributed by atoms with Gasteiger partial charge in [0.25, 0.3) is 0 Å². The lowest BCUT2D eigenvalue weighted by Gasteiger charge is -2.20. The van der Waals surface area contributed by atoms with E-state index in [1.165, 1.54) is 7.11 Å². The summed E-state index contributed by atoms with van der Waals surface area (Å²) in [7, 11) is 3.09. The van der Waals surface area contributed by atoms with Gasteiger partial charge >= 0.3 is 5.97 Å². The monoisotopic (exact) mass is 315 g/mol. The summed E-state index contributed by atoms with van der Waals surface area (Å²) >= 11 is 0. The Hall–Kier alpha value is -2.18. The summed E-state index contributed by atoms with van der Waals surface area (Å²) in [6.07, 6.45) is 0.707. The van der Waals surface area contributed by atoms with E-state index < -0.39 is 0 Å². The first-order valence-corrected chi connectivity index (χ1v) is 7.65. The molecule has 1 N–H and O–H groups in total. The standard InChI is InChI=1S/C17H21N3O3/c1-22-14-9-16(17(21)23-2)20(11-14)10-13-8-15(19-18-13)12-6-4-3-5-7-12/h3-8,14,16H,9-11H2,1-2H3,(H,18,19). The van der Waals surface area contributed by atoms with Gasteiger partial charge in [0, 0.05) is 37.9 Å². The van der Waals surface area contributed by atoms with Crippen molar-refractivity contribution in [1.82, 2.24) is 15.1 Å². The number of carbonyl (C=O) groups is 1. The molecule has 3 rings (SSSR count). The number of H-pyrrole nitrogens is 1. The van der Waals surface area contributed by atoms with Crippen LogP contribution in [-0.4, -0.2) is 54.0 Å². The van der Waals surface area contributed by atoms with Crippen molar-refractivity contribution in [2.45, 2.75) is 25.1 Å². The zero-order valence-corrected chi connectivity index (χ0v) is 13.4. The van der Waals surface area contributed by atoms with Crippen molar-refractivity contribution < 1.29 is 14.3 Å². The number of aromatic nitrogens is 2. The lowest BCUT2D eigenvalue weighted by molar-refractivity contribution is -0.146. The number of ether oxygens (including phenoxy) is 2. The molecule has 122 valence electrons. The van der Waals surface area contributed by atoms with Crippen LogP contribution >= 0.6 is 0 Å². The van der Waals surface area contributed by atoms with E-state index in [0.717, 1.165) is 17.0 Å². The van der Waals surface area contributed by atoms with Crippen LogP contribution in [0.15, 0.2) is 36.4 Å². The second-order valence-corrected chi connectivity index (χ2v) is 5.71. The highest BCUT2D eigenvalue weighted by atomic mass is 16.5. The molecular weight excluding hydrogens is 294 g/mol. The van der Waals surface area contributed by atoms with Gasteiger partial charge in [0.05, 0.1) is 18.9 Å². The van der Waals surface area contributed by atoms with Crippen molar-refractivity contribution in [3.63, 3.8) is 0 Å². The molecule has 0 spiro atoms. The highest BCUT2D eigenvalue weighted by Gasteiger charge is 2.37. The number of benzene rings is 1. The molecular formula is C17H21N3O3. The van der Waals surface area contributed by atoms with E-state index in [-0.39, 0.29) is 18.1 Å². The lowest BCUT2D eigenvalue weighted by atomic mass is 10.1. The maximum Gasteiger partial charge on any atom is 0.323 e. The second-order valence-electron chi connectivity index (χ2n) is 5.71. The summed E-state index contributed by atoms with van der Waals surface area (Å²) in [5, 5.41) is 7.42. The van der Waals surface area contributed by atoms with Crippen LogP contribution in [0.4, 0.5) is 0 Å². The molecule has 1 saturated heterocycles. The number of hydrogen-bond acceptors (Lipinski definition) is 5. The van der Waals surface area contributed by atoms with E-state index >= 15 is 0 Å². The van der Waals surface area contributed by atoms with Crippen LogP contribution in [0.25, 0.3) is 11.3 Å². The van der Waals surface area contributed by atoms with Gasteiger partial charge in [0.15, 0.2) is 0 Å². The molecule has 0 saturated carbocycles. The summed E-state index contributed by atoms with van der Waals surface area (Å²) in [4.78, 5) is 14.0. The number of hydrogen-bond donors (Lipinski definition) is 1. The van der Waals surface area contributed by atoms with Gasteiger partial charge < -0.3 is 9.47 Å². The van der Waals surface area contributed by atoms with Crippen LogP contribution in [0.2, 0.25) is 0 Å². The quantitative estimate of drug-likeness (QED) is 0.853. The van der Waals surface area contributed by atoms with Gasteiger partial charge in [-0.3, -0.25) is 14.8 Å². The molecule has 1 aliphatic rings. The minimum absolute atomic E-state index is 0.0515. The Morgan fingerprint density at radius 1 is 1.35 bits per heavy atom. The predicted molar refractivity (Wildman–Crippen MR) is 85.7 cm³/mol. The molecule has 0 bridgehead atoms. The van der Waals surface area contributed by atoms with E-state index in [9.17, 15) is 4.79 Å². The van der Waals surface area contributed by atoms with E-state index in [0.29, 0.717) is 19.5 Å². The normalized spacial score (nSPS) is 21.5. The molecule has 1 fully saturated rings. The summed E-state index contributed by atoms with van der Waals surface area (Å²) in [5.74, 6) is -0.215. The van der Waals surface area contributed by atoms with E-state index in [4.69, 9.17) is 9.47 Å². The predicted octanol–water partition coefficient (Wildman–Crippen LogP) is 1.84. The molecule has 6 nitrogen and oxygen atoms in total. The van der Waals surface area contributed by atoms with Crippen LogP contribution in [0.1, 0.15) is 12.1 Å². The molecule has 2 aromatic rings. The zero-order valence-electron chi connectivity index (χ0n) is 13.4. The molecule has 23 heavy (non-hydrogen) atoms. The van der Waals surface area contributed by atoms with Crippen molar-refractivity contribution >= 4 is 5.97 Å². The molecule has 2 atom stereocenters. The number of likely N-dealkylation sites (tertiary alicyclic amines) is 1. The molecule has 2 heterocycles. The smallest absolute Gasteiger partial charge is 0.323 e. The van der Waals surface area contributed by atoms with Crippen molar-refractivity contribution in [3.05, 3.63) is 42.1 Å². The number of methoxy groups -OCH3 is 2. The average Bonchev–Trinajstić information content (AvgIpc) is 3.22. The van der Waals surface area contributed by atoms with Gasteiger partial charge in [-0.15, -0.1) is 0 Å². The maximum absolute atomic E-state index is 12.0. The van der Waals surface area contributed by atoms with Gasteiger partial charge in [0.1, 0.15) is 6.04 Å². The number of esters is 1. The van der Waals surface area contributed by atoms with Crippen LogP contribution in [-0.2, 0) is 20.8 Å². The Bertz CT molecular complexity index is 656. The number of nitrogens with zero attached hydrogens (tertiary/aromatic N) is 2. The number of carbonyl (C=O) groups excluding carboxylic acids is 1. The largest absolute Gasteiger partial charge is 0.468 e. The maximum atomic E-state index is 12.0. The molecule has 0 amide bonds. The van der Waals surface area contributed by atoms with Gasteiger partial charge in [-0.25, -0.2) is 0 Å². The van der Waals surface area contributed by atoms with Crippen LogP contribution in [0, 0.1) is 0 Å². The molecule has 0 radical (unpaired) electrons. The summed E-state index contributed by atoms with van der Waals surface area (Å²) in [5.41, 5.74) is 2.93. The Labute approximate surface area is 135 Å². The van der Waals surface area contributed by atoms with Gasteiger partial charge in [0.2, 0.25) is 0 Å². The summed E-state index contributed by atoms with van der Waals surface area (Å²) in [6, 6.07) is 11.7. The van der Waals surface area contributed by atoms with E-state index in [2.05, 4.69) is 15.1 Å². The van der Waals surface area contributed by atoms with Gasteiger partial charge in [-0.2, -0.15) is 5.10 Å². The molecule has 1 aliphatic heterocycles.